The Labute approximate surface area is 230 Å². The number of benzene rings is 2. The van der Waals surface area contributed by atoms with E-state index in [4.69, 9.17) is 14.2 Å². The Bertz CT molecular complexity index is 1640. The largest absolute Gasteiger partial charge is 0.493 e. The van der Waals surface area contributed by atoms with Crippen LogP contribution in [0.3, 0.4) is 0 Å². The van der Waals surface area contributed by atoms with E-state index in [1.165, 1.54) is 37.1 Å². The van der Waals surface area contributed by atoms with Crippen LogP contribution < -0.4 is 25.1 Å². The van der Waals surface area contributed by atoms with Crippen molar-refractivity contribution < 1.29 is 23.4 Å². The molecule has 10 nitrogen and oxygen atoms in total. The molecule has 0 aliphatic carbocycles. The molecule has 208 valence electrons. The zero-order chi connectivity index (χ0) is 28.4. The maximum Gasteiger partial charge on any atom is 0.262 e. The summed E-state index contributed by atoms with van der Waals surface area (Å²) < 4.78 is 33.4. The van der Waals surface area contributed by atoms with E-state index < -0.39 is 5.82 Å². The molecule has 1 unspecified atom stereocenters. The molecule has 40 heavy (non-hydrogen) atoms. The number of piperidine rings is 1. The fourth-order valence-corrected chi connectivity index (χ4v) is 4.91. The highest BCUT2D eigenvalue weighted by Crippen LogP contribution is 2.39. The summed E-state index contributed by atoms with van der Waals surface area (Å²) in [6, 6.07) is 9.45. The zero-order valence-electron chi connectivity index (χ0n) is 22.7. The highest BCUT2D eigenvalue weighted by Gasteiger charge is 2.23. The fraction of sp³-hybridized carbons (Fsp3) is 0.310. The second-order valence-electron chi connectivity index (χ2n) is 9.56. The van der Waals surface area contributed by atoms with Gasteiger partial charge in [0.05, 0.1) is 19.8 Å². The molecule has 4 aromatic rings. The molecule has 11 heteroatoms. The fourth-order valence-electron chi connectivity index (χ4n) is 4.91. The number of hydrogen-bond donors (Lipinski definition) is 1. The number of methoxy groups -OCH3 is 2. The molecule has 5 rings (SSSR count). The lowest BCUT2D eigenvalue weighted by molar-refractivity contribution is -0.129. The third-order valence-electron chi connectivity index (χ3n) is 7.05. The van der Waals surface area contributed by atoms with Gasteiger partial charge in [-0.1, -0.05) is 6.07 Å². The second-order valence-corrected chi connectivity index (χ2v) is 9.56. The number of anilines is 1. The number of ether oxygens (including phenoxy) is 3. The van der Waals surface area contributed by atoms with Crippen LogP contribution in [-0.4, -0.2) is 58.7 Å². The predicted molar refractivity (Wildman–Crippen MR) is 149 cm³/mol. The molecule has 0 saturated carbocycles. The first kappa shape index (κ1) is 26.9. The molecule has 1 amide bonds. The van der Waals surface area contributed by atoms with Gasteiger partial charge in [-0.25, -0.2) is 9.37 Å². The summed E-state index contributed by atoms with van der Waals surface area (Å²) in [5.74, 6) is 1.11. The first-order chi connectivity index (χ1) is 19.3. The number of aromatic nitrogens is 3. The molecular weight excluding hydrogens is 517 g/mol. The van der Waals surface area contributed by atoms with Crippen molar-refractivity contribution in [2.24, 2.45) is 7.05 Å². The lowest BCUT2D eigenvalue weighted by Gasteiger charge is -2.33. The smallest absolute Gasteiger partial charge is 0.262 e. The molecule has 2 aromatic carbocycles. The molecule has 1 fully saturated rings. The summed E-state index contributed by atoms with van der Waals surface area (Å²) in [5.41, 5.74) is 0.808. The van der Waals surface area contributed by atoms with E-state index in [2.05, 4.69) is 15.3 Å². The Morgan fingerprint density at radius 2 is 1.88 bits per heavy atom. The van der Waals surface area contributed by atoms with Gasteiger partial charge in [-0.2, -0.15) is 0 Å². The number of pyridine rings is 1. The number of nitrogens with one attached hydrogen (secondary N) is 1. The van der Waals surface area contributed by atoms with E-state index in [1.807, 2.05) is 0 Å². The Balaban J connectivity index is 1.39. The van der Waals surface area contributed by atoms with Crippen LogP contribution in [0.1, 0.15) is 19.8 Å². The van der Waals surface area contributed by atoms with Crippen LogP contribution in [-0.2, 0) is 11.8 Å². The molecule has 0 radical (unpaired) electrons. The third kappa shape index (κ3) is 5.14. The average molecular weight is 548 g/mol. The van der Waals surface area contributed by atoms with Gasteiger partial charge in [0.2, 0.25) is 11.9 Å². The van der Waals surface area contributed by atoms with E-state index in [0.29, 0.717) is 46.2 Å². The summed E-state index contributed by atoms with van der Waals surface area (Å²) in [4.78, 5) is 35.5. The van der Waals surface area contributed by atoms with E-state index >= 15 is 4.39 Å². The Morgan fingerprint density at radius 3 is 2.60 bits per heavy atom. The van der Waals surface area contributed by atoms with Crippen molar-refractivity contribution in [2.45, 2.75) is 25.8 Å². The number of carbonyl (C=O) groups is 1. The molecular formula is C29H30FN5O5. The van der Waals surface area contributed by atoms with Crippen molar-refractivity contribution in [3.05, 3.63) is 65.0 Å². The average Bonchev–Trinajstić information content (AvgIpc) is 2.96. The van der Waals surface area contributed by atoms with E-state index in [9.17, 15) is 9.59 Å². The minimum Gasteiger partial charge on any atom is -0.493 e. The minimum absolute atomic E-state index is 0.0126. The minimum atomic E-state index is -0.640. The monoisotopic (exact) mass is 547 g/mol. The lowest BCUT2D eigenvalue weighted by Crippen LogP contribution is -2.45. The molecule has 0 bridgehead atoms. The van der Waals surface area contributed by atoms with Gasteiger partial charge in [-0.15, -0.1) is 0 Å². The first-order valence-corrected chi connectivity index (χ1v) is 12.9. The van der Waals surface area contributed by atoms with Gasteiger partial charge in [0.1, 0.15) is 11.3 Å². The molecule has 3 heterocycles. The predicted octanol–water partition coefficient (Wildman–Crippen LogP) is 4.37. The van der Waals surface area contributed by atoms with Crippen molar-refractivity contribution in [1.29, 1.82) is 0 Å². The maximum absolute atomic E-state index is 15.2. The molecule has 1 saturated heterocycles. The quantitative estimate of drug-likeness (QED) is 0.364. The van der Waals surface area contributed by atoms with Gasteiger partial charge >= 0.3 is 0 Å². The molecule has 2 aromatic heterocycles. The number of hydrogen-bond acceptors (Lipinski definition) is 8. The van der Waals surface area contributed by atoms with Crippen molar-refractivity contribution in [3.8, 4) is 34.1 Å². The molecule has 1 aliphatic heterocycles. The first-order valence-electron chi connectivity index (χ1n) is 12.9. The van der Waals surface area contributed by atoms with Crippen molar-refractivity contribution in [2.75, 3.05) is 32.6 Å². The summed E-state index contributed by atoms with van der Waals surface area (Å²) in [7, 11) is 4.66. The summed E-state index contributed by atoms with van der Waals surface area (Å²) in [6.45, 7) is 2.82. The number of amides is 1. The van der Waals surface area contributed by atoms with Gasteiger partial charge < -0.3 is 24.4 Å². The molecule has 1 aliphatic rings. The van der Waals surface area contributed by atoms with Crippen LogP contribution in [0.25, 0.3) is 22.0 Å². The van der Waals surface area contributed by atoms with E-state index in [0.717, 1.165) is 19.4 Å². The van der Waals surface area contributed by atoms with Crippen LogP contribution in [0.5, 0.6) is 23.0 Å². The van der Waals surface area contributed by atoms with Gasteiger partial charge in [0.15, 0.2) is 23.1 Å². The normalized spacial score (nSPS) is 15.1. The van der Waals surface area contributed by atoms with E-state index in [-0.39, 0.29) is 28.8 Å². The van der Waals surface area contributed by atoms with Crippen LogP contribution in [0.15, 0.2) is 53.6 Å². The molecule has 1 atom stereocenters. The standard InChI is InChI=1S/C29H30FN5O5/c1-17(36)35-13-5-6-19(16-35)33-29-32-15-21(28(37)34(29)2)18-7-9-24(22(30)14-18)40-23-11-12-31-26-20(23)8-10-25(38-3)27(26)39-4/h7-12,14-15,19H,5-6,13,16H2,1-4H3,(H,32,33). The van der Waals surface area contributed by atoms with Gasteiger partial charge in [0, 0.05) is 50.9 Å². The second kappa shape index (κ2) is 11.2. The Hall–Kier alpha value is -4.67. The maximum atomic E-state index is 15.2. The lowest BCUT2D eigenvalue weighted by atomic mass is 10.1. The van der Waals surface area contributed by atoms with Crippen molar-refractivity contribution in [1.82, 2.24) is 19.4 Å². The van der Waals surface area contributed by atoms with Crippen LogP contribution >= 0.6 is 0 Å². The van der Waals surface area contributed by atoms with Crippen molar-refractivity contribution in [3.63, 3.8) is 0 Å². The van der Waals surface area contributed by atoms with E-state index in [1.54, 1.807) is 49.3 Å². The topological polar surface area (TPSA) is 108 Å². The van der Waals surface area contributed by atoms with Crippen LogP contribution in [0.4, 0.5) is 10.3 Å². The zero-order valence-corrected chi connectivity index (χ0v) is 22.7. The summed E-state index contributed by atoms with van der Waals surface area (Å²) in [5, 5.41) is 3.89. The summed E-state index contributed by atoms with van der Waals surface area (Å²) >= 11 is 0. The SMILES string of the molecule is COc1ccc2c(Oc3ccc(-c4cnc(NC5CCCN(C(C)=O)C5)n(C)c4=O)cc3F)ccnc2c1OC. The van der Waals surface area contributed by atoms with Gasteiger partial charge in [0.25, 0.3) is 5.56 Å². The van der Waals surface area contributed by atoms with Crippen LogP contribution in [0.2, 0.25) is 0 Å². The number of rotatable bonds is 7. The van der Waals surface area contributed by atoms with Gasteiger partial charge in [-0.05, 0) is 48.7 Å². The van der Waals surface area contributed by atoms with Crippen molar-refractivity contribution >= 4 is 22.8 Å². The number of carbonyl (C=O) groups excluding carboxylic acids is 1. The Kier molecular flexibility index (Phi) is 7.54. The molecule has 0 spiro atoms. The van der Waals surface area contributed by atoms with Crippen LogP contribution in [0, 0.1) is 5.82 Å². The highest BCUT2D eigenvalue weighted by molar-refractivity contribution is 5.92. The number of likely N-dealkylation sites (tertiary alicyclic amines) is 1. The number of fused-ring (bicyclic) bond motifs is 1. The third-order valence-corrected chi connectivity index (χ3v) is 7.05. The Morgan fingerprint density at radius 1 is 1.07 bits per heavy atom. The number of nitrogens with zero attached hydrogens (tertiary/aromatic N) is 4. The molecule has 1 N–H and O–H groups in total. The summed E-state index contributed by atoms with van der Waals surface area (Å²) in [6.07, 6.45) is 4.71. The highest BCUT2D eigenvalue weighted by atomic mass is 19.1. The van der Waals surface area contributed by atoms with Gasteiger partial charge in [-0.3, -0.25) is 19.1 Å². The number of halogens is 1.